The van der Waals surface area contributed by atoms with E-state index >= 15 is 0 Å². The van der Waals surface area contributed by atoms with Crippen LogP contribution < -0.4 is 10.3 Å². The number of nitrogens with one attached hydrogen (secondary N) is 1. The molecule has 3 aromatic carbocycles. The van der Waals surface area contributed by atoms with Crippen LogP contribution in [-0.2, 0) is 19.6 Å². The lowest BCUT2D eigenvalue weighted by atomic mass is 9.99. The number of halogens is 1. The molecule has 6 rings (SSSR count). The maximum absolute atomic E-state index is 14.0. The van der Waals surface area contributed by atoms with Gasteiger partial charge >= 0.3 is 0 Å². The SMILES string of the molecule is COc1ccc(CN(Cc2ccccc2Cl)[C@H](c2cc3c(C)cc(C)cc3[nH]c2=O)c2nnnn2Cc2ccco2)cc1. The largest absolute Gasteiger partial charge is 0.497 e. The summed E-state index contributed by atoms with van der Waals surface area (Å²) in [5.41, 5.74) is 5.17. The number of methoxy groups -OCH3 is 1. The van der Waals surface area contributed by atoms with Crippen molar-refractivity contribution in [2.45, 2.75) is 39.5 Å². The van der Waals surface area contributed by atoms with Crippen LogP contribution in [0.4, 0.5) is 0 Å². The normalized spacial score (nSPS) is 12.2. The number of tetrazole rings is 1. The molecule has 10 heteroatoms. The summed E-state index contributed by atoms with van der Waals surface area (Å²) in [6.45, 7) is 5.26. The van der Waals surface area contributed by atoms with E-state index in [-0.39, 0.29) is 5.56 Å². The number of ether oxygens (including phenoxy) is 1. The van der Waals surface area contributed by atoms with E-state index in [9.17, 15) is 4.79 Å². The van der Waals surface area contributed by atoms with Crippen LogP contribution in [0, 0.1) is 13.8 Å². The highest BCUT2D eigenvalue weighted by atomic mass is 35.5. The molecule has 0 amide bonds. The summed E-state index contributed by atoms with van der Waals surface area (Å²) in [4.78, 5) is 19.3. The Morgan fingerprint density at radius 1 is 1.02 bits per heavy atom. The summed E-state index contributed by atoms with van der Waals surface area (Å²) in [5.74, 6) is 1.96. The smallest absolute Gasteiger partial charge is 0.253 e. The van der Waals surface area contributed by atoms with Crippen molar-refractivity contribution in [3.63, 3.8) is 0 Å². The highest BCUT2D eigenvalue weighted by molar-refractivity contribution is 6.31. The van der Waals surface area contributed by atoms with Crippen molar-refractivity contribution in [1.82, 2.24) is 30.1 Å². The first-order valence-electron chi connectivity index (χ1n) is 13.9. The Morgan fingerprint density at radius 3 is 2.58 bits per heavy atom. The fourth-order valence-electron chi connectivity index (χ4n) is 5.51. The van der Waals surface area contributed by atoms with Gasteiger partial charge in [0.2, 0.25) is 0 Å². The summed E-state index contributed by atoms with van der Waals surface area (Å²) >= 11 is 6.69. The van der Waals surface area contributed by atoms with Crippen LogP contribution in [0.3, 0.4) is 0 Å². The molecule has 0 fully saturated rings. The van der Waals surface area contributed by atoms with Gasteiger partial charge in [0.1, 0.15) is 24.1 Å². The second-order valence-corrected chi connectivity index (χ2v) is 11.0. The van der Waals surface area contributed by atoms with E-state index in [2.05, 4.69) is 31.5 Å². The molecule has 0 spiro atoms. The predicted octanol–water partition coefficient (Wildman–Crippen LogP) is 6.23. The van der Waals surface area contributed by atoms with Gasteiger partial charge in [0, 0.05) is 34.6 Å². The van der Waals surface area contributed by atoms with Gasteiger partial charge in [-0.15, -0.1) is 5.10 Å². The molecule has 43 heavy (non-hydrogen) atoms. The van der Waals surface area contributed by atoms with Gasteiger partial charge in [0.15, 0.2) is 5.82 Å². The Bertz CT molecular complexity index is 1910. The third-order valence-electron chi connectivity index (χ3n) is 7.57. The number of rotatable bonds is 10. The molecule has 0 unspecified atom stereocenters. The lowest BCUT2D eigenvalue weighted by molar-refractivity contribution is 0.193. The van der Waals surface area contributed by atoms with Crippen LogP contribution in [0.25, 0.3) is 10.9 Å². The molecule has 6 aromatic rings. The van der Waals surface area contributed by atoms with Crippen LogP contribution in [0.5, 0.6) is 5.75 Å². The Labute approximate surface area is 253 Å². The fourth-order valence-corrected chi connectivity index (χ4v) is 5.71. The maximum atomic E-state index is 14.0. The molecule has 218 valence electrons. The van der Waals surface area contributed by atoms with E-state index in [1.807, 2.05) is 86.6 Å². The van der Waals surface area contributed by atoms with Crippen molar-refractivity contribution >= 4 is 22.5 Å². The first kappa shape index (κ1) is 28.4. The van der Waals surface area contributed by atoms with E-state index in [1.165, 1.54) is 0 Å². The molecular weight excluding hydrogens is 564 g/mol. The number of H-pyrrole nitrogens is 1. The Balaban J connectivity index is 1.55. The minimum Gasteiger partial charge on any atom is -0.497 e. The van der Waals surface area contributed by atoms with E-state index in [1.54, 1.807) is 18.1 Å². The molecular formula is C33H31ClN6O3. The number of aryl methyl sites for hydroxylation is 2. The van der Waals surface area contributed by atoms with E-state index in [4.69, 9.17) is 20.8 Å². The zero-order chi connectivity index (χ0) is 29.9. The molecule has 9 nitrogen and oxygen atoms in total. The number of nitrogens with zero attached hydrogens (tertiary/aromatic N) is 5. The van der Waals surface area contributed by atoms with Crippen LogP contribution in [0.1, 0.15) is 45.4 Å². The van der Waals surface area contributed by atoms with E-state index in [0.29, 0.717) is 41.8 Å². The monoisotopic (exact) mass is 594 g/mol. The number of hydrogen-bond donors (Lipinski definition) is 1. The predicted molar refractivity (Wildman–Crippen MR) is 165 cm³/mol. The Kier molecular flexibility index (Phi) is 8.09. The minimum atomic E-state index is -0.641. The van der Waals surface area contributed by atoms with E-state index in [0.717, 1.165) is 38.9 Å². The van der Waals surface area contributed by atoms with Crippen molar-refractivity contribution in [1.29, 1.82) is 0 Å². The zero-order valence-electron chi connectivity index (χ0n) is 24.1. The number of aromatic nitrogens is 5. The van der Waals surface area contributed by atoms with Gasteiger partial charge in [-0.3, -0.25) is 9.69 Å². The molecule has 0 aliphatic rings. The molecule has 1 N–H and O–H groups in total. The van der Waals surface area contributed by atoms with Gasteiger partial charge < -0.3 is 14.1 Å². The third kappa shape index (κ3) is 6.09. The van der Waals surface area contributed by atoms with Gasteiger partial charge in [-0.25, -0.2) is 4.68 Å². The average molecular weight is 595 g/mol. The van der Waals surface area contributed by atoms with Crippen LogP contribution >= 0.6 is 11.6 Å². The molecule has 0 saturated heterocycles. The first-order chi connectivity index (χ1) is 20.9. The number of fused-ring (bicyclic) bond motifs is 1. The van der Waals surface area contributed by atoms with Crippen molar-refractivity contribution in [3.05, 3.63) is 140 Å². The summed E-state index contributed by atoms with van der Waals surface area (Å²) < 4.78 is 12.7. The summed E-state index contributed by atoms with van der Waals surface area (Å²) in [5, 5.41) is 14.4. The summed E-state index contributed by atoms with van der Waals surface area (Å²) in [7, 11) is 1.64. The second kappa shape index (κ2) is 12.2. The van der Waals surface area contributed by atoms with E-state index < -0.39 is 6.04 Å². The van der Waals surface area contributed by atoms with Gasteiger partial charge in [-0.05, 0) is 89.0 Å². The molecule has 3 aromatic heterocycles. The Hall–Kier alpha value is -4.73. The lowest BCUT2D eigenvalue weighted by Crippen LogP contribution is -2.35. The molecule has 0 aliphatic carbocycles. The number of hydrogen-bond acceptors (Lipinski definition) is 7. The van der Waals surface area contributed by atoms with Crippen molar-refractivity contribution in [2.75, 3.05) is 7.11 Å². The highest BCUT2D eigenvalue weighted by Crippen LogP contribution is 2.32. The van der Waals surface area contributed by atoms with Gasteiger partial charge in [-0.1, -0.05) is 48.0 Å². The summed E-state index contributed by atoms with van der Waals surface area (Å²) in [6, 6.07) is 24.7. The topological polar surface area (TPSA) is 102 Å². The quantitative estimate of drug-likeness (QED) is 0.201. The number of pyridine rings is 1. The average Bonchev–Trinajstić information content (AvgIpc) is 3.68. The zero-order valence-corrected chi connectivity index (χ0v) is 24.9. The van der Waals surface area contributed by atoms with Crippen molar-refractivity contribution < 1.29 is 9.15 Å². The molecule has 0 aliphatic heterocycles. The first-order valence-corrected chi connectivity index (χ1v) is 14.3. The maximum Gasteiger partial charge on any atom is 0.253 e. The minimum absolute atomic E-state index is 0.214. The van der Waals surface area contributed by atoms with Crippen LogP contribution in [-0.4, -0.2) is 37.2 Å². The molecule has 1 atom stereocenters. The lowest BCUT2D eigenvalue weighted by Gasteiger charge is -2.31. The number of aromatic amines is 1. The molecule has 0 radical (unpaired) electrons. The van der Waals surface area contributed by atoms with Crippen LogP contribution in [0.2, 0.25) is 5.02 Å². The van der Waals surface area contributed by atoms with Gasteiger partial charge in [0.25, 0.3) is 5.56 Å². The van der Waals surface area contributed by atoms with Crippen molar-refractivity contribution in [2.24, 2.45) is 0 Å². The Morgan fingerprint density at radius 2 is 1.84 bits per heavy atom. The van der Waals surface area contributed by atoms with Crippen LogP contribution in [0.15, 0.2) is 94.3 Å². The molecule has 0 bridgehead atoms. The summed E-state index contributed by atoms with van der Waals surface area (Å²) in [6.07, 6.45) is 1.61. The molecule has 3 heterocycles. The number of furan rings is 1. The fraction of sp³-hybridized carbons (Fsp3) is 0.212. The highest BCUT2D eigenvalue weighted by Gasteiger charge is 2.32. The second-order valence-electron chi connectivity index (χ2n) is 10.6. The van der Waals surface area contributed by atoms with Crippen molar-refractivity contribution in [3.8, 4) is 5.75 Å². The standard InChI is InChI=1S/C33H31ClN6O3/c1-21-15-22(2)27-17-28(33(41)35-30(27)16-21)31(32-36-37-38-40(32)20-26-8-6-14-43-26)39(19-24-7-4-5-9-29(24)34)18-23-10-12-25(42-3)13-11-23/h4-17,31H,18-20H2,1-3H3,(H,35,41)/t31-/m1/s1. The number of benzene rings is 3. The molecule has 0 saturated carbocycles. The van der Waals surface area contributed by atoms with Gasteiger partial charge in [0.05, 0.1) is 13.4 Å². The van der Waals surface area contributed by atoms with Gasteiger partial charge in [-0.2, -0.15) is 0 Å². The third-order valence-corrected chi connectivity index (χ3v) is 7.94.